The molecular formula is C19H23N7S. The summed E-state index contributed by atoms with van der Waals surface area (Å²) in [5.74, 6) is 2.92. The van der Waals surface area contributed by atoms with Gasteiger partial charge < -0.3 is 15.2 Å². The third kappa shape index (κ3) is 4.05. The standard InChI is InChI=1S/C19H23N7S/c1-27-19-23-16(20)11-17(24-19)25-9-2-3-15(13-25)18-22-8-10-26(18)12-14-4-6-21-7-5-14/h4-8,10-11,15H,2-3,9,12-13H2,1H3,(H2,20,23,24)/t15-/m0/s1. The second kappa shape index (κ2) is 7.96. The Kier molecular flexibility index (Phi) is 5.24. The molecule has 27 heavy (non-hydrogen) atoms. The van der Waals surface area contributed by atoms with Crippen LogP contribution in [0.15, 0.2) is 48.1 Å². The van der Waals surface area contributed by atoms with Gasteiger partial charge in [-0.15, -0.1) is 0 Å². The Bertz CT molecular complexity index is 896. The first-order chi connectivity index (χ1) is 13.2. The Hall–Kier alpha value is -2.61. The van der Waals surface area contributed by atoms with Crippen molar-refractivity contribution in [2.24, 2.45) is 0 Å². The fraction of sp³-hybridized carbons (Fsp3) is 0.368. The van der Waals surface area contributed by atoms with Gasteiger partial charge in [0.2, 0.25) is 0 Å². The third-order valence-corrected chi connectivity index (χ3v) is 5.40. The number of imidazole rings is 1. The van der Waals surface area contributed by atoms with Gasteiger partial charge in [0.05, 0.1) is 0 Å². The van der Waals surface area contributed by atoms with Gasteiger partial charge in [0.1, 0.15) is 17.5 Å². The van der Waals surface area contributed by atoms with E-state index in [-0.39, 0.29) is 0 Å². The van der Waals surface area contributed by atoms with Gasteiger partial charge in [-0.25, -0.2) is 15.0 Å². The second-order valence-electron chi connectivity index (χ2n) is 6.69. The van der Waals surface area contributed by atoms with E-state index < -0.39 is 0 Å². The Morgan fingerprint density at radius 2 is 2.07 bits per heavy atom. The van der Waals surface area contributed by atoms with Gasteiger partial charge in [0.15, 0.2) is 5.16 Å². The first kappa shape index (κ1) is 17.8. The molecule has 0 radical (unpaired) electrons. The summed E-state index contributed by atoms with van der Waals surface area (Å²) in [7, 11) is 0. The quantitative estimate of drug-likeness (QED) is 0.537. The number of hydrogen-bond donors (Lipinski definition) is 1. The minimum atomic E-state index is 0.365. The Labute approximate surface area is 163 Å². The molecular weight excluding hydrogens is 358 g/mol. The molecule has 0 unspecified atom stereocenters. The Morgan fingerprint density at radius 1 is 1.22 bits per heavy atom. The molecule has 1 saturated heterocycles. The summed E-state index contributed by atoms with van der Waals surface area (Å²) in [5.41, 5.74) is 7.20. The van der Waals surface area contributed by atoms with Crippen LogP contribution in [0.4, 0.5) is 11.6 Å². The molecule has 1 atom stereocenters. The lowest BCUT2D eigenvalue weighted by Gasteiger charge is -2.33. The molecule has 140 valence electrons. The van der Waals surface area contributed by atoms with Crippen molar-refractivity contribution in [2.45, 2.75) is 30.5 Å². The van der Waals surface area contributed by atoms with Gasteiger partial charge in [-0.1, -0.05) is 11.8 Å². The van der Waals surface area contributed by atoms with Crippen LogP contribution < -0.4 is 10.6 Å². The minimum Gasteiger partial charge on any atom is -0.383 e. The smallest absolute Gasteiger partial charge is 0.191 e. The Morgan fingerprint density at radius 3 is 2.89 bits per heavy atom. The van der Waals surface area contributed by atoms with Crippen LogP contribution in [0.3, 0.4) is 0 Å². The maximum atomic E-state index is 5.97. The van der Waals surface area contributed by atoms with Crippen molar-refractivity contribution in [3.8, 4) is 0 Å². The van der Waals surface area contributed by atoms with Gasteiger partial charge in [-0.05, 0) is 36.8 Å². The van der Waals surface area contributed by atoms with E-state index in [9.17, 15) is 0 Å². The number of pyridine rings is 1. The summed E-state index contributed by atoms with van der Waals surface area (Å²) in [5, 5.41) is 0.714. The summed E-state index contributed by atoms with van der Waals surface area (Å²) in [4.78, 5) is 20.0. The number of nitrogens with zero attached hydrogens (tertiary/aromatic N) is 6. The molecule has 3 aromatic rings. The number of piperidine rings is 1. The van der Waals surface area contributed by atoms with Gasteiger partial charge in [-0.2, -0.15) is 0 Å². The van der Waals surface area contributed by atoms with Crippen molar-refractivity contribution in [1.29, 1.82) is 0 Å². The number of nitrogen functional groups attached to an aromatic ring is 1. The van der Waals surface area contributed by atoms with Crippen LogP contribution in [0.2, 0.25) is 0 Å². The average molecular weight is 382 g/mol. The molecule has 0 amide bonds. The van der Waals surface area contributed by atoms with Crippen LogP contribution in [-0.4, -0.2) is 43.8 Å². The predicted octanol–water partition coefficient (Wildman–Crippen LogP) is 2.80. The van der Waals surface area contributed by atoms with E-state index in [1.807, 2.05) is 43.0 Å². The summed E-state index contributed by atoms with van der Waals surface area (Å²) >= 11 is 1.51. The van der Waals surface area contributed by atoms with Crippen LogP contribution in [0, 0.1) is 0 Å². The largest absolute Gasteiger partial charge is 0.383 e. The van der Waals surface area contributed by atoms with E-state index in [0.29, 0.717) is 16.9 Å². The first-order valence-electron chi connectivity index (χ1n) is 9.06. The maximum absolute atomic E-state index is 5.97. The van der Waals surface area contributed by atoms with E-state index in [1.54, 1.807) is 0 Å². The zero-order valence-electron chi connectivity index (χ0n) is 15.3. The van der Waals surface area contributed by atoms with Gasteiger partial charge in [-0.3, -0.25) is 4.98 Å². The zero-order valence-corrected chi connectivity index (χ0v) is 16.1. The van der Waals surface area contributed by atoms with Crippen LogP contribution in [-0.2, 0) is 6.54 Å². The van der Waals surface area contributed by atoms with Gasteiger partial charge in [0, 0.05) is 56.4 Å². The lowest BCUT2D eigenvalue weighted by molar-refractivity contribution is 0.473. The molecule has 3 aromatic heterocycles. The number of hydrogen-bond acceptors (Lipinski definition) is 7. The van der Waals surface area contributed by atoms with Crippen LogP contribution >= 0.6 is 11.8 Å². The molecule has 0 aromatic carbocycles. The van der Waals surface area contributed by atoms with Crippen molar-refractivity contribution in [1.82, 2.24) is 24.5 Å². The average Bonchev–Trinajstić information content (AvgIpc) is 3.16. The molecule has 1 aliphatic rings. The molecule has 4 heterocycles. The van der Waals surface area contributed by atoms with Crippen molar-refractivity contribution in [3.63, 3.8) is 0 Å². The maximum Gasteiger partial charge on any atom is 0.191 e. The van der Waals surface area contributed by atoms with Crippen LogP contribution in [0.25, 0.3) is 0 Å². The van der Waals surface area contributed by atoms with E-state index >= 15 is 0 Å². The highest BCUT2D eigenvalue weighted by Gasteiger charge is 2.26. The van der Waals surface area contributed by atoms with Crippen molar-refractivity contribution in [2.75, 3.05) is 30.0 Å². The van der Waals surface area contributed by atoms with Crippen molar-refractivity contribution in [3.05, 3.63) is 54.4 Å². The minimum absolute atomic E-state index is 0.365. The number of thioether (sulfide) groups is 1. The predicted molar refractivity (Wildman–Crippen MR) is 108 cm³/mol. The SMILES string of the molecule is CSc1nc(N)cc(N2CCC[C@H](c3nccn3Cc3ccncc3)C2)n1. The van der Waals surface area contributed by atoms with E-state index in [4.69, 9.17) is 5.73 Å². The highest BCUT2D eigenvalue weighted by Crippen LogP contribution is 2.30. The van der Waals surface area contributed by atoms with Crippen molar-refractivity contribution >= 4 is 23.4 Å². The van der Waals surface area contributed by atoms with Crippen LogP contribution in [0.5, 0.6) is 0 Å². The number of anilines is 2. The normalized spacial score (nSPS) is 17.2. The zero-order chi connectivity index (χ0) is 18.6. The molecule has 0 aliphatic carbocycles. The van der Waals surface area contributed by atoms with Gasteiger partial charge in [0.25, 0.3) is 0 Å². The van der Waals surface area contributed by atoms with E-state index in [2.05, 4.69) is 35.6 Å². The summed E-state index contributed by atoms with van der Waals surface area (Å²) in [6, 6.07) is 5.96. The topological polar surface area (TPSA) is 85.8 Å². The van der Waals surface area contributed by atoms with Crippen LogP contribution in [0.1, 0.15) is 30.1 Å². The molecule has 0 saturated carbocycles. The molecule has 8 heteroatoms. The number of rotatable bonds is 5. The molecule has 0 spiro atoms. The summed E-state index contributed by atoms with van der Waals surface area (Å²) < 4.78 is 2.24. The van der Waals surface area contributed by atoms with E-state index in [1.165, 1.54) is 17.3 Å². The highest BCUT2D eigenvalue weighted by atomic mass is 32.2. The monoisotopic (exact) mass is 381 g/mol. The lowest BCUT2D eigenvalue weighted by atomic mass is 9.97. The lowest BCUT2D eigenvalue weighted by Crippen LogP contribution is -2.36. The summed E-state index contributed by atoms with van der Waals surface area (Å²) in [6.45, 7) is 2.68. The molecule has 7 nitrogen and oxygen atoms in total. The molecule has 2 N–H and O–H groups in total. The Balaban J connectivity index is 1.54. The first-order valence-corrected chi connectivity index (χ1v) is 10.3. The highest BCUT2D eigenvalue weighted by molar-refractivity contribution is 7.98. The molecule has 1 aliphatic heterocycles. The fourth-order valence-electron chi connectivity index (χ4n) is 3.58. The number of aromatic nitrogens is 5. The number of nitrogens with two attached hydrogens (primary N) is 1. The molecule has 1 fully saturated rings. The summed E-state index contributed by atoms with van der Waals surface area (Å²) in [6.07, 6.45) is 11.8. The van der Waals surface area contributed by atoms with Crippen molar-refractivity contribution < 1.29 is 0 Å². The molecule has 0 bridgehead atoms. The molecule has 4 rings (SSSR count). The third-order valence-electron chi connectivity index (χ3n) is 4.85. The second-order valence-corrected chi connectivity index (χ2v) is 7.47. The van der Waals surface area contributed by atoms with Gasteiger partial charge >= 0.3 is 0 Å². The van der Waals surface area contributed by atoms with E-state index in [0.717, 1.165) is 44.1 Å². The fourth-order valence-corrected chi connectivity index (χ4v) is 3.96.